The van der Waals surface area contributed by atoms with Gasteiger partial charge in [0, 0.05) is 11.3 Å². The van der Waals surface area contributed by atoms with Crippen LogP contribution in [0.4, 0.5) is 0 Å². The molecule has 0 saturated carbocycles. The Kier molecular flexibility index (Phi) is 6.19. The maximum atomic E-state index is 12.6. The van der Waals surface area contributed by atoms with E-state index in [2.05, 4.69) is 5.32 Å². The Hall–Kier alpha value is -2.62. The number of primary amides is 1. The van der Waals surface area contributed by atoms with E-state index in [0.717, 1.165) is 0 Å². The van der Waals surface area contributed by atoms with Gasteiger partial charge in [0.15, 0.2) is 18.1 Å². The molecule has 1 aromatic carbocycles. The largest absolute Gasteiger partial charge is 0.493 e. The number of carbonyl (C=O) groups excluding carboxylic acids is 2. The van der Waals surface area contributed by atoms with Gasteiger partial charge in [-0.2, -0.15) is 11.8 Å². The van der Waals surface area contributed by atoms with Crippen molar-refractivity contribution >= 4 is 29.5 Å². The van der Waals surface area contributed by atoms with Crippen molar-refractivity contribution in [2.45, 2.75) is 12.0 Å². The molecule has 1 heterocycles. The van der Waals surface area contributed by atoms with Crippen LogP contribution < -0.4 is 25.3 Å². The lowest BCUT2D eigenvalue weighted by atomic mass is 9.98. The van der Waals surface area contributed by atoms with Gasteiger partial charge in [-0.3, -0.25) is 9.59 Å². The monoisotopic (exact) mass is 384 g/mol. The molecule has 1 atom stereocenters. The number of nitrogens with one attached hydrogen (secondary N) is 1. The quantitative estimate of drug-likeness (QED) is 0.580. The minimum atomic E-state index is -1.30. The Bertz CT molecular complexity index is 692. The summed E-state index contributed by atoms with van der Waals surface area (Å²) in [5.74, 6) is -0.958. The minimum Gasteiger partial charge on any atom is -0.493 e. The number of ether oxygens (including phenoxy) is 3. The van der Waals surface area contributed by atoms with Crippen molar-refractivity contribution in [1.82, 2.24) is 5.32 Å². The third-order valence-corrected chi connectivity index (χ3v) is 5.06. The van der Waals surface area contributed by atoms with E-state index >= 15 is 0 Å². The molecule has 0 radical (unpaired) electrons. The first kappa shape index (κ1) is 19.7. The molecule has 4 N–H and O–H groups in total. The Morgan fingerprint density at radius 3 is 2.31 bits per heavy atom. The van der Waals surface area contributed by atoms with Gasteiger partial charge < -0.3 is 30.4 Å². The van der Waals surface area contributed by atoms with Crippen LogP contribution in [0.5, 0.6) is 17.2 Å². The standard InChI is InChI=1S/C16H20N2O7S/c1-23-10-5-9(6-11(24-2)13(10)25-7-12(17)19)14(20)18-16(15(21)22)3-4-26-8-16/h5-6H,3-4,7-8H2,1-2H3,(H2,17,19)(H,18,20)(H,21,22). The van der Waals surface area contributed by atoms with E-state index in [1.54, 1.807) is 0 Å². The highest BCUT2D eigenvalue weighted by Crippen LogP contribution is 2.39. The van der Waals surface area contributed by atoms with Gasteiger partial charge in [-0.25, -0.2) is 4.79 Å². The highest BCUT2D eigenvalue weighted by Gasteiger charge is 2.43. The van der Waals surface area contributed by atoms with E-state index in [4.69, 9.17) is 19.9 Å². The van der Waals surface area contributed by atoms with Gasteiger partial charge >= 0.3 is 5.97 Å². The van der Waals surface area contributed by atoms with Crippen molar-refractivity contribution in [3.05, 3.63) is 17.7 Å². The van der Waals surface area contributed by atoms with E-state index in [1.807, 2.05) is 0 Å². The fourth-order valence-corrected chi connectivity index (χ4v) is 3.80. The van der Waals surface area contributed by atoms with Crippen molar-refractivity contribution in [2.75, 3.05) is 32.3 Å². The maximum Gasteiger partial charge on any atom is 0.330 e. The molecule has 9 nitrogen and oxygen atoms in total. The number of methoxy groups -OCH3 is 2. The number of amides is 2. The van der Waals surface area contributed by atoms with Crippen LogP contribution in [0.3, 0.4) is 0 Å². The number of carbonyl (C=O) groups is 3. The van der Waals surface area contributed by atoms with Gasteiger partial charge in [-0.15, -0.1) is 0 Å². The molecule has 10 heteroatoms. The summed E-state index contributed by atoms with van der Waals surface area (Å²) >= 11 is 1.46. The lowest BCUT2D eigenvalue weighted by Crippen LogP contribution is -2.54. The number of aliphatic carboxylic acids is 1. The number of rotatable bonds is 8. The number of carboxylic acids is 1. The van der Waals surface area contributed by atoms with E-state index in [9.17, 15) is 19.5 Å². The zero-order chi connectivity index (χ0) is 19.3. The average Bonchev–Trinajstić information content (AvgIpc) is 3.08. The molecular formula is C16H20N2O7S. The SMILES string of the molecule is COc1cc(C(=O)NC2(C(=O)O)CCSC2)cc(OC)c1OCC(N)=O. The zero-order valence-electron chi connectivity index (χ0n) is 14.4. The Balaban J connectivity index is 2.32. The molecule has 1 aliphatic rings. The van der Waals surface area contributed by atoms with Crippen LogP contribution in [-0.2, 0) is 9.59 Å². The third kappa shape index (κ3) is 4.13. The van der Waals surface area contributed by atoms with Gasteiger partial charge in [0.25, 0.3) is 11.8 Å². The molecule has 0 aliphatic carbocycles. The summed E-state index contributed by atoms with van der Waals surface area (Å²) in [6.07, 6.45) is 0.340. The second-order valence-electron chi connectivity index (χ2n) is 5.61. The first-order valence-corrected chi connectivity index (χ1v) is 8.79. The van der Waals surface area contributed by atoms with Crippen molar-refractivity contribution < 1.29 is 33.7 Å². The molecule has 0 spiro atoms. The summed E-state index contributed by atoms with van der Waals surface area (Å²) in [6.45, 7) is -0.391. The molecule has 142 valence electrons. The van der Waals surface area contributed by atoms with Crippen LogP contribution in [0, 0.1) is 0 Å². The minimum absolute atomic E-state index is 0.120. The van der Waals surface area contributed by atoms with Gasteiger partial charge in [0.1, 0.15) is 5.54 Å². The van der Waals surface area contributed by atoms with Crippen molar-refractivity contribution in [1.29, 1.82) is 0 Å². The topological polar surface area (TPSA) is 137 Å². The normalized spacial score (nSPS) is 18.8. The Morgan fingerprint density at radius 2 is 1.88 bits per heavy atom. The summed E-state index contributed by atoms with van der Waals surface area (Å²) in [5.41, 5.74) is 3.91. The van der Waals surface area contributed by atoms with Crippen molar-refractivity contribution in [3.8, 4) is 17.2 Å². The van der Waals surface area contributed by atoms with Crippen LogP contribution in [0.15, 0.2) is 12.1 Å². The molecule has 1 aromatic rings. The second-order valence-corrected chi connectivity index (χ2v) is 6.71. The molecule has 26 heavy (non-hydrogen) atoms. The van der Waals surface area contributed by atoms with Crippen LogP contribution in [0.25, 0.3) is 0 Å². The first-order valence-electron chi connectivity index (χ1n) is 7.63. The summed E-state index contributed by atoms with van der Waals surface area (Å²) in [6, 6.07) is 2.76. The lowest BCUT2D eigenvalue weighted by molar-refractivity contribution is -0.143. The number of benzene rings is 1. The second kappa shape index (κ2) is 8.17. The molecule has 0 aromatic heterocycles. The van der Waals surface area contributed by atoms with Gasteiger partial charge in [0.2, 0.25) is 5.75 Å². The van der Waals surface area contributed by atoms with Gasteiger partial charge in [0.05, 0.1) is 14.2 Å². The predicted molar refractivity (Wildman–Crippen MR) is 94.0 cm³/mol. The van der Waals surface area contributed by atoms with Crippen molar-refractivity contribution in [3.63, 3.8) is 0 Å². The van der Waals surface area contributed by atoms with Crippen LogP contribution in [0.1, 0.15) is 16.8 Å². The molecule has 1 aliphatic heterocycles. The number of nitrogens with two attached hydrogens (primary N) is 1. The summed E-state index contributed by atoms with van der Waals surface area (Å²) in [7, 11) is 2.72. The summed E-state index contributed by atoms with van der Waals surface area (Å²) in [4.78, 5) is 35.1. The van der Waals surface area contributed by atoms with Gasteiger partial charge in [-0.1, -0.05) is 0 Å². The Labute approximate surface area is 154 Å². The highest BCUT2D eigenvalue weighted by atomic mass is 32.2. The smallest absolute Gasteiger partial charge is 0.330 e. The van der Waals surface area contributed by atoms with E-state index < -0.39 is 29.9 Å². The zero-order valence-corrected chi connectivity index (χ0v) is 15.2. The fourth-order valence-electron chi connectivity index (χ4n) is 2.47. The maximum absolute atomic E-state index is 12.6. The lowest BCUT2D eigenvalue weighted by Gasteiger charge is -2.25. The number of hydrogen-bond donors (Lipinski definition) is 3. The van der Waals surface area contributed by atoms with E-state index in [1.165, 1.54) is 38.1 Å². The Morgan fingerprint density at radius 1 is 1.27 bits per heavy atom. The first-order chi connectivity index (χ1) is 12.3. The molecular weight excluding hydrogens is 364 g/mol. The number of thioether (sulfide) groups is 1. The summed E-state index contributed by atoms with van der Waals surface area (Å²) < 4.78 is 15.7. The van der Waals surface area contributed by atoms with Crippen molar-refractivity contribution in [2.24, 2.45) is 5.73 Å². The molecule has 2 rings (SSSR count). The number of hydrogen-bond acceptors (Lipinski definition) is 7. The number of carboxylic acid groups (broad SMARTS) is 1. The van der Waals surface area contributed by atoms with Crippen LogP contribution >= 0.6 is 11.8 Å². The molecule has 1 fully saturated rings. The van der Waals surface area contributed by atoms with E-state index in [-0.39, 0.29) is 22.8 Å². The summed E-state index contributed by atoms with van der Waals surface area (Å²) in [5, 5.41) is 12.1. The average molecular weight is 384 g/mol. The van der Waals surface area contributed by atoms with Gasteiger partial charge in [-0.05, 0) is 24.3 Å². The van der Waals surface area contributed by atoms with Crippen LogP contribution in [-0.4, -0.2) is 60.8 Å². The molecule has 2 amide bonds. The molecule has 1 unspecified atom stereocenters. The fraction of sp³-hybridized carbons (Fsp3) is 0.438. The third-order valence-electron chi connectivity index (χ3n) is 3.87. The predicted octanol–water partition coefficient (Wildman–Crippen LogP) is 0.258. The highest BCUT2D eigenvalue weighted by molar-refractivity contribution is 7.99. The molecule has 1 saturated heterocycles. The molecule has 0 bridgehead atoms. The van der Waals surface area contributed by atoms with Crippen LogP contribution in [0.2, 0.25) is 0 Å². The van der Waals surface area contributed by atoms with E-state index in [0.29, 0.717) is 17.9 Å².